The minimum atomic E-state index is -1.31. The van der Waals surface area contributed by atoms with Crippen molar-refractivity contribution in [2.45, 2.75) is 45.6 Å². The van der Waals surface area contributed by atoms with Gasteiger partial charge in [-0.2, -0.15) is 4.37 Å². The highest BCUT2D eigenvalue weighted by Crippen LogP contribution is 2.30. The molecule has 184 valence electrons. The maximum Gasteiger partial charge on any atom is 0.341 e. The van der Waals surface area contributed by atoms with Gasteiger partial charge < -0.3 is 14.7 Å². The summed E-state index contributed by atoms with van der Waals surface area (Å²) < 4.78 is 11.3. The second-order valence-electron chi connectivity index (χ2n) is 9.50. The van der Waals surface area contributed by atoms with E-state index in [9.17, 15) is 19.5 Å². The van der Waals surface area contributed by atoms with Crippen LogP contribution in [0.1, 0.15) is 48.5 Å². The number of carboxylic acids is 1. The molecule has 2 aliphatic heterocycles. The molecule has 5 rings (SSSR count). The quantitative estimate of drug-likeness (QED) is 0.524. The topological polar surface area (TPSA) is 128 Å². The molecule has 5 heterocycles. The lowest BCUT2D eigenvalue weighted by Gasteiger charge is -2.39. The van der Waals surface area contributed by atoms with Crippen molar-refractivity contribution >= 4 is 40.1 Å². The molecular weight excluding hydrogens is 470 g/mol. The lowest BCUT2D eigenvalue weighted by atomic mass is 9.89. The molecule has 2 aliphatic rings. The van der Waals surface area contributed by atoms with Crippen molar-refractivity contribution in [2.75, 3.05) is 24.6 Å². The first kappa shape index (κ1) is 23.6. The average Bonchev–Trinajstić information content (AvgIpc) is 3.31. The van der Waals surface area contributed by atoms with Gasteiger partial charge in [0.05, 0.1) is 17.4 Å². The van der Waals surface area contributed by atoms with Gasteiger partial charge in [0, 0.05) is 43.8 Å². The standard InChI is InChI=1S/C24H27N5O5S/c1-13-5-6-34-16(7-13)3-4-18(30)15-9-28(10-15)19-8-14(2)20-21(31)17(23(32)33)11-29(22(20)27-19)24-25-12-26-35-24/h8,11-13,15-16H,3-7,9-10H2,1-2H3,(H,32,33). The van der Waals surface area contributed by atoms with Crippen molar-refractivity contribution in [3.8, 4) is 5.13 Å². The summed E-state index contributed by atoms with van der Waals surface area (Å²) in [6.07, 6.45) is 6.19. The van der Waals surface area contributed by atoms with E-state index in [-0.39, 0.29) is 28.8 Å². The Kier molecular flexibility index (Phi) is 6.37. The van der Waals surface area contributed by atoms with Gasteiger partial charge in [-0.05, 0) is 43.7 Å². The summed E-state index contributed by atoms with van der Waals surface area (Å²) in [5, 5.41) is 10.2. The van der Waals surface area contributed by atoms with E-state index in [1.807, 2.05) is 4.90 Å². The molecule has 0 saturated carbocycles. The predicted molar refractivity (Wildman–Crippen MR) is 131 cm³/mol. The first-order valence-electron chi connectivity index (χ1n) is 11.8. The number of carbonyl (C=O) groups is 2. The van der Waals surface area contributed by atoms with Crippen LogP contribution in [0.4, 0.5) is 5.82 Å². The van der Waals surface area contributed by atoms with Gasteiger partial charge in [0.2, 0.25) is 10.6 Å². The highest BCUT2D eigenvalue weighted by molar-refractivity contribution is 7.08. The number of anilines is 1. The molecule has 11 heteroatoms. The number of ketones is 1. The first-order chi connectivity index (χ1) is 16.8. The molecule has 2 fully saturated rings. The van der Waals surface area contributed by atoms with Gasteiger partial charge in [-0.25, -0.2) is 14.8 Å². The Balaban J connectivity index is 1.36. The second kappa shape index (κ2) is 9.46. The Bertz CT molecular complexity index is 1330. The number of aryl methyl sites for hydroxylation is 1. The molecule has 10 nitrogen and oxygen atoms in total. The van der Waals surface area contributed by atoms with Crippen LogP contribution in [0.5, 0.6) is 0 Å². The van der Waals surface area contributed by atoms with Crippen LogP contribution in [0.25, 0.3) is 16.2 Å². The van der Waals surface area contributed by atoms with Crippen LogP contribution in [-0.2, 0) is 9.53 Å². The second-order valence-corrected chi connectivity index (χ2v) is 10.3. The number of rotatable bonds is 7. The van der Waals surface area contributed by atoms with E-state index in [4.69, 9.17) is 9.72 Å². The number of carboxylic acid groups (broad SMARTS) is 1. The minimum absolute atomic E-state index is 0.0476. The third-order valence-corrected chi connectivity index (χ3v) is 7.60. The molecule has 0 bridgehead atoms. The molecule has 3 aromatic rings. The summed E-state index contributed by atoms with van der Waals surface area (Å²) in [5.41, 5.74) is 0.0110. The molecule has 0 radical (unpaired) electrons. The normalized spacial score (nSPS) is 20.7. The van der Waals surface area contributed by atoms with Crippen molar-refractivity contribution in [2.24, 2.45) is 11.8 Å². The van der Waals surface area contributed by atoms with Crippen molar-refractivity contribution in [3.05, 3.63) is 39.9 Å². The maximum absolute atomic E-state index is 12.9. The number of pyridine rings is 2. The van der Waals surface area contributed by atoms with E-state index >= 15 is 0 Å². The third kappa shape index (κ3) is 4.57. The maximum atomic E-state index is 12.9. The zero-order chi connectivity index (χ0) is 24.7. The largest absolute Gasteiger partial charge is 0.477 e. The van der Waals surface area contributed by atoms with Gasteiger partial charge in [-0.15, -0.1) is 0 Å². The first-order valence-corrected chi connectivity index (χ1v) is 12.6. The molecule has 3 aromatic heterocycles. The van der Waals surface area contributed by atoms with Crippen LogP contribution in [0.2, 0.25) is 0 Å². The zero-order valence-electron chi connectivity index (χ0n) is 19.6. The summed E-state index contributed by atoms with van der Waals surface area (Å²) in [4.78, 5) is 48.2. The fourth-order valence-electron chi connectivity index (χ4n) is 4.86. The van der Waals surface area contributed by atoms with Crippen molar-refractivity contribution in [3.63, 3.8) is 0 Å². The van der Waals surface area contributed by atoms with Gasteiger partial charge in [0.25, 0.3) is 0 Å². The van der Waals surface area contributed by atoms with E-state index < -0.39 is 11.4 Å². The van der Waals surface area contributed by atoms with Gasteiger partial charge in [-0.3, -0.25) is 14.2 Å². The highest BCUT2D eigenvalue weighted by atomic mass is 32.1. The van der Waals surface area contributed by atoms with Crippen LogP contribution < -0.4 is 10.3 Å². The molecule has 1 N–H and O–H groups in total. The Morgan fingerprint density at radius 2 is 2.11 bits per heavy atom. The van der Waals surface area contributed by atoms with Crippen LogP contribution in [0.15, 0.2) is 23.4 Å². The highest BCUT2D eigenvalue weighted by Gasteiger charge is 2.34. The molecule has 2 saturated heterocycles. The number of aromatic carboxylic acids is 1. The molecule has 35 heavy (non-hydrogen) atoms. The van der Waals surface area contributed by atoms with E-state index in [0.717, 1.165) is 37.4 Å². The number of nitrogens with zero attached hydrogens (tertiary/aromatic N) is 5. The Morgan fingerprint density at radius 3 is 2.80 bits per heavy atom. The number of aromatic nitrogens is 4. The fraction of sp³-hybridized carbons (Fsp3) is 0.500. The van der Waals surface area contributed by atoms with E-state index in [1.54, 1.807) is 13.0 Å². The summed E-state index contributed by atoms with van der Waals surface area (Å²) in [7, 11) is 0. The predicted octanol–water partition coefficient (Wildman–Crippen LogP) is 2.84. The summed E-state index contributed by atoms with van der Waals surface area (Å²) >= 11 is 1.08. The van der Waals surface area contributed by atoms with Crippen molar-refractivity contribution < 1.29 is 19.4 Å². The monoisotopic (exact) mass is 497 g/mol. The fourth-order valence-corrected chi connectivity index (χ4v) is 5.37. The number of ether oxygens (including phenoxy) is 1. The van der Waals surface area contributed by atoms with Gasteiger partial charge >= 0.3 is 5.97 Å². The Morgan fingerprint density at radius 1 is 1.31 bits per heavy atom. The summed E-state index contributed by atoms with van der Waals surface area (Å²) in [6.45, 7) is 5.90. The van der Waals surface area contributed by atoms with Crippen LogP contribution in [0.3, 0.4) is 0 Å². The van der Waals surface area contributed by atoms with Crippen molar-refractivity contribution in [1.29, 1.82) is 0 Å². The van der Waals surface area contributed by atoms with Crippen LogP contribution in [0, 0.1) is 18.8 Å². The van der Waals surface area contributed by atoms with Gasteiger partial charge in [0.1, 0.15) is 23.5 Å². The number of hydrogen-bond acceptors (Lipinski definition) is 9. The smallest absolute Gasteiger partial charge is 0.341 e. The Labute approximate surface area is 205 Å². The molecular formula is C24H27N5O5S. The molecule has 0 spiro atoms. The number of fused-ring (bicyclic) bond motifs is 1. The molecule has 0 aliphatic carbocycles. The van der Waals surface area contributed by atoms with Gasteiger partial charge in [0.15, 0.2) is 5.65 Å². The Hall–Kier alpha value is -3.18. The molecule has 2 unspecified atom stereocenters. The SMILES string of the molecule is Cc1cc(N2CC(C(=O)CCC3CC(C)CCO3)C2)nc2c1c(=O)c(C(=O)O)cn2-c1ncns1. The lowest BCUT2D eigenvalue weighted by molar-refractivity contribution is -0.124. The zero-order valence-corrected chi connectivity index (χ0v) is 20.5. The lowest BCUT2D eigenvalue weighted by Crippen LogP contribution is -2.51. The molecule has 0 amide bonds. The molecule has 0 aromatic carbocycles. The minimum Gasteiger partial charge on any atom is -0.477 e. The van der Waals surface area contributed by atoms with E-state index in [1.165, 1.54) is 17.1 Å². The van der Waals surface area contributed by atoms with E-state index in [0.29, 0.717) is 47.6 Å². The number of carbonyl (C=O) groups excluding carboxylic acids is 1. The van der Waals surface area contributed by atoms with Crippen LogP contribution >= 0.6 is 11.5 Å². The number of hydrogen-bond donors (Lipinski definition) is 1. The summed E-state index contributed by atoms with van der Waals surface area (Å²) in [6, 6.07) is 1.78. The van der Waals surface area contributed by atoms with Crippen molar-refractivity contribution in [1.82, 2.24) is 18.9 Å². The average molecular weight is 498 g/mol. The van der Waals surface area contributed by atoms with Crippen LogP contribution in [-0.4, -0.2) is 61.6 Å². The molecule has 2 atom stereocenters. The number of Topliss-reactive ketones (excluding diaryl/α,β-unsaturated/α-hetero) is 1. The summed E-state index contributed by atoms with van der Waals surface area (Å²) in [5.74, 6) is 0.181. The third-order valence-electron chi connectivity index (χ3n) is 6.93. The van der Waals surface area contributed by atoms with E-state index in [2.05, 4.69) is 16.3 Å². The van der Waals surface area contributed by atoms with Gasteiger partial charge in [-0.1, -0.05) is 6.92 Å².